The van der Waals surface area contributed by atoms with Crippen LogP contribution in [0.1, 0.15) is 52.4 Å². The van der Waals surface area contributed by atoms with E-state index in [9.17, 15) is 4.79 Å². The molecule has 0 bridgehead atoms. The van der Waals surface area contributed by atoms with Gasteiger partial charge in [0.05, 0.1) is 5.54 Å². The fourth-order valence-corrected chi connectivity index (χ4v) is 3.36. The minimum atomic E-state index is -0.290. The zero-order chi connectivity index (χ0) is 13.7. The van der Waals surface area contributed by atoms with Crippen LogP contribution in [0.25, 0.3) is 0 Å². The molecular formula is C15H29N3O. The predicted octanol–water partition coefficient (Wildman–Crippen LogP) is 1.51. The quantitative estimate of drug-likeness (QED) is 0.793. The summed E-state index contributed by atoms with van der Waals surface area (Å²) < 4.78 is 0. The molecule has 110 valence electrons. The summed E-state index contributed by atoms with van der Waals surface area (Å²) in [6.45, 7) is 8.46. The van der Waals surface area contributed by atoms with Crippen molar-refractivity contribution in [1.29, 1.82) is 0 Å². The Balaban J connectivity index is 1.79. The molecule has 2 atom stereocenters. The van der Waals surface area contributed by atoms with Crippen LogP contribution in [0.2, 0.25) is 0 Å². The second-order valence-electron chi connectivity index (χ2n) is 6.12. The summed E-state index contributed by atoms with van der Waals surface area (Å²) in [7, 11) is 0. The highest BCUT2D eigenvalue weighted by Crippen LogP contribution is 2.23. The van der Waals surface area contributed by atoms with Crippen LogP contribution in [0.15, 0.2) is 0 Å². The molecule has 4 heteroatoms. The predicted molar refractivity (Wildman–Crippen MR) is 78.2 cm³/mol. The van der Waals surface area contributed by atoms with E-state index < -0.39 is 0 Å². The van der Waals surface area contributed by atoms with E-state index in [-0.39, 0.29) is 11.4 Å². The lowest BCUT2D eigenvalue weighted by atomic mass is 9.93. The lowest BCUT2D eigenvalue weighted by Crippen LogP contribution is -2.55. The largest absolute Gasteiger partial charge is 0.353 e. The Morgan fingerprint density at radius 1 is 1.32 bits per heavy atom. The van der Waals surface area contributed by atoms with Gasteiger partial charge < -0.3 is 10.6 Å². The molecular weight excluding hydrogens is 238 g/mol. The second-order valence-corrected chi connectivity index (χ2v) is 6.12. The Hall–Kier alpha value is -0.610. The van der Waals surface area contributed by atoms with E-state index in [1.54, 1.807) is 0 Å². The van der Waals surface area contributed by atoms with Gasteiger partial charge in [0.2, 0.25) is 5.91 Å². The van der Waals surface area contributed by atoms with Crippen molar-refractivity contribution >= 4 is 5.91 Å². The van der Waals surface area contributed by atoms with Crippen molar-refractivity contribution in [3.63, 3.8) is 0 Å². The van der Waals surface area contributed by atoms with Crippen molar-refractivity contribution < 1.29 is 4.79 Å². The molecule has 0 aromatic heterocycles. The van der Waals surface area contributed by atoms with Crippen LogP contribution in [0.3, 0.4) is 0 Å². The Morgan fingerprint density at radius 2 is 2.05 bits per heavy atom. The third-order valence-electron chi connectivity index (χ3n) is 4.85. The van der Waals surface area contributed by atoms with Crippen LogP contribution in [0, 0.1) is 0 Å². The van der Waals surface area contributed by atoms with Crippen LogP contribution < -0.4 is 10.6 Å². The van der Waals surface area contributed by atoms with Crippen LogP contribution in [0.4, 0.5) is 0 Å². The molecule has 0 saturated carbocycles. The first-order valence-corrected chi connectivity index (χ1v) is 7.95. The minimum absolute atomic E-state index is 0.205. The van der Waals surface area contributed by atoms with Gasteiger partial charge in [-0.3, -0.25) is 9.69 Å². The highest BCUT2D eigenvalue weighted by molar-refractivity contribution is 5.86. The summed E-state index contributed by atoms with van der Waals surface area (Å²) in [6, 6.07) is 0.458. The number of carbonyl (C=O) groups excluding carboxylic acids is 1. The highest BCUT2D eigenvalue weighted by atomic mass is 16.2. The van der Waals surface area contributed by atoms with Crippen molar-refractivity contribution in [3.05, 3.63) is 0 Å². The number of rotatable bonds is 5. The summed E-state index contributed by atoms with van der Waals surface area (Å²) in [5, 5.41) is 6.57. The van der Waals surface area contributed by atoms with E-state index in [1.807, 2.05) is 0 Å². The molecule has 2 heterocycles. The van der Waals surface area contributed by atoms with Gasteiger partial charge in [-0.25, -0.2) is 0 Å². The van der Waals surface area contributed by atoms with Gasteiger partial charge in [0.15, 0.2) is 0 Å². The van der Waals surface area contributed by atoms with Crippen molar-refractivity contribution in [2.45, 2.75) is 64.0 Å². The van der Waals surface area contributed by atoms with Crippen LogP contribution in [0.5, 0.6) is 0 Å². The molecule has 4 nitrogen and oxygen atoms in total. The molecule has 0 radical (unpaired) electrons. The third-order valence-corrected chi connectivity index (χ3v) is 4.85. The molecule has 19 heavy (non-hydrogen) atoms. The van der Waals surface area contributed by atoms with Crippen molar-refractivity contribution in [1.82, 2.24) is 15.5 Å². The van der Waals surface area contributed by atoms with Gasteiger partial charge in [-0.2, -0.15) is 0 Å². The maximum Gasteiger partial charge on any atom is 0.240 e. The number of hydrogen-bond acceptors (Lipinski definition) is 3. The average Bonchev–Trinajstić information content (AvgIpc) is 2.95. The number of hydrogen-bond donors (Lipinski definition) is 2. The molecule has 2 unspecified atom stereocenters. The first-order valence-electron chi connectivity index (χ1n) is 7.95. The van der Waals surface area contributed by atoms with E-state index in [0.29, 0.717) is 6.04 Å². The highest BCUT2D eigenvalue weighted by Gasteiger charge is 2.39. The molecule has 0 spiro atoms. The van der Waals surface area contributed by atoms with Crippen LogP contribution in [-0.2, 0) is 4.79 Å². The van der Waals surface area contributed by atoms with Crippen LogP contribution in [-0.4, -0.2) is 48.6 Å². The Morgan fingerprint density at radius 3 is 2.63 bits per heavy atom. The first kappa shape index (κ1) is 14.8. The maximum atomic E-state index is 12.4. The van der Waals surface area contributed by atoms with Gasteiger partial charge in [0, 0.05) is 12.6 Å². The first-order chi connectivity index (χ1) is 9.18. The minimum Gasteiger partial charge on any atom is -0.353 e. The topological polar surface area (TPSA) is 44.4 Å². The summed E-state index contributed by atoms with van der Waals surface area (Å²) in [5.74, 6) is 0.205. The maximum absolute atomic E-state index is 12.4. The number of nitrogens with one attached hydrogen (secondary N) is 2. The van der Waals surface area contributed by atoms with Crippen molar-refractivity contribution in [2.24, 2.45) is 0 Å². The van der Waals surface area contributed by atoms with E-state index in [0.717, 1.165) is 32.4 Å². The fourth-order valence-electron chi connectivity index (χ4n) is 3.36. The van der Waals surface area contributed by atoms with Gasteiger partial charge >= 0.3 is 0 Å². The van der Waals surface area contributed by atoms with Gasteiger partial charge in [-0.15, -0.1) is 0 Å². The number of piperidine rings is 1. The Bertz CT molecular complexity index is 294. The number of carbonyl (C=O) groups is 1. The lowest BCUT2D eigenvalue weighted by molar-refractivity contribution is -0.127. The molecule has 0 aliphatic carbocycles. The van der Waals surface area contributed by atoms with Crippen molar-refractivity contribution in [3.8, 4) is 0 Å². The second kappa shape index (κ2) is 6.71. The summed E-state index contributed by atoms with van der Waals surface area (Å²) in [4.78, 5) is 14.9. The molecule has 2 aliphatic heterocycles. The number of nitrogens with zero attached hydrogens (tertiary/aromatic N) is 1. The third kappa shape index (κ3) is 3.48. The normalized spacial score (nSPS) is 30.2. The zero-order valence-electron chi connectivity index (χ0n) is 12.5. The average molecular weight is 267 g/mol. The molecule has 1 amide bonds. The molecule has 2 aliphatic rings. The van der Waals surface area contributed by atoms with E-state index in [1.165, 1.54) is 32.4 Å². The standard InChI is InChI=1S/C15H29N3O/c1-3-15(8-7-9-17-15)14(19)16-12-13(2)18-10-5-4-6-11-18/h13,17H,3-12H2,1-2H3,(H,16,19). The monoisotopic (exact) mass is 267 g/mol. The Labute approximate surface area is 117 Å². The van der Waals surface area contributed by atoms with Gasteiger partial charge in [0.25, 0.3) is 0 Å². The molecule has 2 saturated heterocycles. The fraction of sp³-hybridized carbons (Fsp3) is 0.933. The van der Waals surface area contributed by atoms with Gasteiger partial charge in [0.1, 0.15) is 0 Å². The van der Waals surface area contributed by atoms with E-state index in [4.69, 9.17) is 0 Å². The van der Waals surface area contributed by atoms with Gasteiger partial charge in [-0.05, 0) is 58.7 Å². The number of likely N-dealkylation sites (tertiary alicyclic amines) is 1. The SMILES string of the molecule is CCC1(C(=O)NCC(C)N2CCCCC2)CCCN1. The molecule has 2 N–H and O–H groups in total. The Kier molecular flexibility index (Phi) is 5.22. The summed E-state index contributed by atoms with van der Waals surface area (Å²) >= 11 is 0. The van der Waals surface area contributed by atoms with Crippen molar-refractivity contribution in [2.75, 3.05) is 26.2 Å². The lowest BCUT2D eigenvalue weighted by Gasteiger charge is -2.33. The summed E-state index contributed by atoms with van der Waals surface area (Å²) in [6.07, 6.45) is 6.95. The smallest absolute Gasteiger partial charge is 0.240 e. The molecule has 2 fully saturated rings. The van der Waals surface area contributed by atoms with Gasteiger partial charge in [-0.1, -0.05) is 13.3 Å². The van der Waals surface area contributed by atoms with E-state index >= 15 is 0 Å². The number of amides is 1. The zero-order valence-corrected chi connectivity index (χ0v) is 12.5. The summed E-state index contributed by atoms with van der Waals surface area (Å²) in [5.41, 5.74) is -0.290. The van der Waals surface area contributed by atoms with E-state index in [2.05, 4.69) is 29.4 Å². The molecule has 0 aromatic rings. The van der Waals surface area contributed by atoms with Crippen LogP contribution >= 0.6 is 0 Å². The molecule has 2 rings (SSSR count). The molecule has 0 aromatic carbocycles.